The number of benzene rings is 3. The Morgan fingerprint density at radius 3 is 2.49 bits per heavy atom. The highest BCUT2D eigenvalue weighted by atomic mass is 16.5. The summed E-state index contributed by atoms with van der Waals surface area (Å²) in [4.78, 5) is 26.9. The van der Waals surface area contributed by atoms with Crippen molar-refractivity contribution in [1.29, 1.82) is 0 Å². The molecule has 190 valence electrons. The Hall–Kier alpha value is -4.26. The molecule has 1 atom stereocenters. The number of hydrogen-bond acceptors (Lipinski definition) is 6. The zero-order valence-electron chi connectivity index (χ0n) is 20.9. The average Bonchev–Trinajstić information content (AvgIpc) is 2.90. The lowest BCUT2D eigenvalue weighted by molar-refractivity contribution is 0.0698. The van der Waals surface area contributed by atoms with Crippen molar-refractivity contribution in [2.24, 2.45) is 0 Å². The first-order valence-corrected chi connectivity index (χ1v) is 12.5. The van der Waals surface area contributed by atoms with Crippen LogP contribution in [0.15, 0.2) is 82.0 Å². The van der Waals surface area contributed by atoms with Gasteiger partial charge in [0, 0.05) is 43.2 Å². The Kier molecular flexibility index (Phi) is 6.86. The van der Waals surface area contributed by atoms with Gasteiger partial charge in [-0.15, -0.1) is 0 Å². The van der Waals surface area contributed by atoms with E-state index in [2.05, 4.69) is 10.2 Å². The van der Waals surface area contributed by atoms with Crippen molar-refractivity contribution in [3.8, 4) is 5.75 Å². The van der Waals surface area contributed by atoms with Gasteiger partial charge in [0.15, 0.2) is 11.3 Å². The number of nitrogens with one attached hydrogen (secondary N) is 1. The fraction of sp³-hybridized carbons (Fsp3) is 0.267. The van der Waals surface area contributed by atoms with Crippen molar-refractivity contribution in [3.05, 3.63) is 99.7 Å². The van der Waals surface area contributed by atoms with Gasteiger partial charge in [-0.3, -0.25) is 4.79 Å². The standard InChI is InChI=1S/C30H30N2O5/c1-19-16-24(20(2)31-26-11-7-6-10-23(26)30(34)35)29-25(17-19)27(33)18-28(37-29)32-14-12-22(13-15-32)36-21-8-4-3-5-9-21/h3-11,16-18,20,22,31H,12-15H2,1-2H3,(H,34,35). The molecule has 3 aromatic carbocycles. The van der Waals surface area contributed by atoms with E-state index in [0.717, 1.165) is 29.7 Å². The van der Waals surface area contributed by atoms with Crippen LogP contribution in [-0.2, 0) is 0 Å². The summed E-state index contributed by atoms with van der Waals surface area (Å²) in [5, 5.41) is 13.4. The summed E-state index contributed by atoms with van der Waals surface area (Å²) >= 11 is 0. The molecule has 1 aliphatic heterocycles. The number of carbonyl (C=O) groups is 1. The normalized spacial score (nSPS) is 14.9. The summed E-state index contributed by atoms with van der Waals surface area (Å²) < 4.78 is 12.5. The van der Waals surface area contributed by atoms with E-state index < -0.39 is 5.97 Å². The number of piperidine rings is 1. The van der Waals surface area contributed by atoms with Gasteiger partial charge in [0.1, 0.15) is 17.4 Å². The lowest BCUT2D eigenvalue weighted by Gasteiger charge is -2.32. The van der Waals surface area contributed by atoms with Crippen LogP contribution in [-0.4, -0.2) is 30.3 Å². The maximum Gasteiger partial charge on any atom is 0.337 e. The van der Waals surface area contributed by atoms with Crippen molar-refractivity contribution in [2.45, 2.75) is 38.8 Å². The molecule has 1 saturated heterocycles. The average molecular weight is 499 g/mol. The van der Waals surface area contributed by atoms with Crippen molar-refractivity contribution in [3.63, 3.8) is 0 Å². The van der Waals surface area contributed by atoms with Crippen LogP contribution in [0.5, 0.6) is 5.75 Å². The van der Waals surface area contributed by atoms with Gasteiger partial charge < -0.3 is 24.5 Å². The maximum atomic E-state index is 13.2. The molecule has 5 rings (SSSR count). The van der Waals surface area contributed by atoms with Crippen LogP contribution >= 0.6 is 0 Å². The van der Waals surface area contributed by atoms with Gasteiger partial charge in [0.2, 0.25) is 0 Å². The molecule has 1 unspecified atom stereocenters. The number of rotatable bonds is 7. The first kappa shape index (κ1) is 24.4. The molecule has 0 saturated carbocycles. The zero-order valence-corrected chi connectivity index (χ0v) is 20.9. The zero-order chi connectivity index (χ0) is 25.9. The van der Waals surface area contributed by atoms with Crippen molar-refractivity contribution < 1.29 is 19.1 Å². The Bertz CT molecular complexity index is 1470. The van der Waals surface area contributed by atoms with Crippen LogP contribution in [0.4, 0.5) is 11.6 Å². The lowest BCUT2D eigenvalue weighted by atomic mass is 10.0. The predicted molar refractivity (Wildman–Crippen MR) is 145 cm³/mol. The van der Waals surface area contributed by atoms with Gasteiger partial charge in [-0.05, 0) is 49.7 Å². The summed E-state index contributed by atoms with van der Waals surface area (Å²) in [5.41, 5.74) is 2.86. The molecule has 1 aromatic heterocycles. The molecule has 1 aliphatic rings. The number of carboxylic acid groups (broad SMARTS) is 1. The van der Waals surface area contributed by atoms with E-state index >= 15 is 0 Å². The molecule has 0 spiro atoms. The second-order valence-electron chi connectivity index (χ2n) is 9.51. The Balaban J connectivity index is 1.41. The van der Waals surface area contributed by atoms with Crippen molar-refractivity contribution in [2.75, 3.05) is 23.3 Å². The summed E-state index contributed by atoms with van der Waals surface area (Å²) in [6.45, 7) is 5.30. The highest BCUT2D eigenvalue weighted by molar-refractivity contribution is 5.94. The van der Waals surface area contributed by atoms with Gasteiger partial charge >= 0.3 is 5.97 Å². The predicted octanol–water partition coefficient (Wildman–Crippen LogP) is 6.02. The third kappa shape index (κ3) is 5.31. The molecular weight excluding hydrogens is 468 g/mol. The number of fused-ring (bicyclic) bond motifs is 1. The summed E-state index contributed by atoms with van der Waals surface area (Å²) in [5.74, 6) is 0.404. The van der Waals surface area contributed by atoms with E-state index in [1.165, 1.54) is 0 Å². The second-order valence-corrected chi connectivity index (χ2v) is 9.51. The molecule has 0 radical (unpaired) electrons. The van der Waals surface area contributed by atoms with Crippen LogP contribution < -0.4 is 20.4 Å². The maximum absolute atomic E-state index is 13.2. The van der Waals surface area contributed by atoms with Gasteiger partial charge in [-0.1, -0.05) is 36.4 Å². The Labute approximate surface area is 215 Å². The minimum Gasteiger partial charge on any atom is -0.490 e. The van der Waals surface area contributed by atoms with E-state index in [1.807, 2.05) is 56.3 Å². The van der Waals surface area contributed by atoms with Crippen LogP contribution in [0, 0.1) is 6.92 Å². The number of hydrogen-bond donors (Lipinski definition) is 2. The number of anilines is 2. The topological polar surface area (TPSA) is 92.0 Å². The van der Waals surface area contributed by atoms with E-state index in [0.29, 0.717) is 35.6 Å². The van der Waals surface area contributed by atoms with E-state index in [4.69, 9.17) is 9.15 Å². The highest BCUT2D eigenvalue weighted by Gasteiger charge is 2.24. The Morgan fingerprint density at radius 2 is 1.76 bits per heavy atom. The molecule has 4 aromatic rings. The van der Waals surface area contributed by atoms with Crippen LogP contribution in [0.25, 0.3) is 11.0 Å². The molecule has 0 aliphatic carbocycles. The summed E-state index contributed by atoms with van der Waals surface area (Å²) in [6.07, 6.45) is 1.76. The number of aryl methyl sites for hydroxylation is 1. The second kappa shape index (κ2) is 10.4. The molecule has 1 fully saturated rings. The monoisotopic (exact) mass is 498 g/mol. The van der Waals surface area contributed by atoms with Crippen molar-refractivity contribution >= 4 is 28.5 Å². The van der Waals surface area contributed by atoms with Crippen LogP contribution in [0.3, 0.4) is 0 Å². The summed E-state index contributed by atoms with van der Waals surface area (Å²) in [7, 11) is 0. The van der Waals surface area contributed by atoms with E-state index in [9.17, 15) is 14.7 Å². The number of ether oxygens (including phenoxy) is 1. The van der Waals surface area contributed by atoms with Crippen LogP contribution in [0.1, 0.15) is 47.3 Å². The molecule has 0 amide bonds. The van der Waals surface area contributed by atoms with E-state index in [1.54, 1.807) is 30.3 Å². The molecular formula is C30H30N2O5. The van der Waals surface area contributed by atoms with Crippen molar-refractivity contribution in [1.82, 2.24) is 0 Å². The third-order valence-corrected chi connectivity index (χ3v) is 6.78. The molecule has 0 bridgehead atoms. The van der Waals surface area contributed by atoms with Gasteiger partial charge in [-0.25, -0.2) is 4.79 Å². The highest BCUT2D eigenvalue weighted by Crippen LogP contribution is 2.32. The third-order valence-electron chi connectivity index (χ3n) is 6.78. The van der Waals surface area contributed by atoms with Crippen LogP contribution in [0.2, 0.25) is 0 Å². The number of para-hydroxylation sites is 2. The van der Waals surface area contributed by atoms with Gasteiger partial charge in [-0.2, -0.15) is 0 Å². The fourth-order valence-corrected chi connectivity index (χ4v) is 4.89. The quantitative estimate of drug-likeness (QED) is 0.322. The largest absolute Gasteiger partial charge is 0.490 e. The van der Waals surface area contributed by atoms with Gasteiger partial charge in [0.05, 0.1) is 17.0 Å². The first-order valence-electron chi connectivity index (χ1n) is 12.5. The number of carboxylic acids is 1. The molecule has 7 nitrogen and oxygen atoms in total. The fourth-order valence-electron chi connectivity index (χ4n) is 4.89. The SMILES string of the molecule is Cc1cc(C(C)Nc2ccccc2C(=O)O)c2oc(N3CCC(Oc4ccccc4)CC3)cc(=O)c2c1. The minimum atomic E-state index is -1.00. The van der Waals surface area contributed by atoms with Gasteiger partial charge in [0.25, 0.3) is 0 Å². The summed E-state index contributed by atoms with van der Waals surface area (Å²) in [6, 6.07) is 21.7. The smallest absolute Gasteiger partial charge is 0.337 e. The Morgan fingerprint density at radius 1 is 1.05 bits per heavy atom. The number of aromatic carboxylic acids is 1. The molecule has 2 heterocycles. The van der Waals surface area contributed by atoms with E-state index in [-0.39, 0.29) is 23.1 Å². The first-order chi connectivity index (χ1) is 17.9. The number of nitrogens with zero attached hydrogens (tertiary/aromatic N) is 1. The lowest BCUT2D eigenvalue weighted by Crippen LogP contribution is -2.38. The minimum absolute atomic E-state index is 0.0954. The molecule has 2 N–H and O–H groups in total. The molecule has 7 heteroatoms. The molecule has 37 heavy (non-hydrogen) atoms.